The molecule has 0 unspecified atom stereocenters. The Kier molecular flexibility index (Phi) is 3.38. The number of rotatable bonds is 4. The molecule has 0 aliphatic heterocycles. The Morgan fingerprint density at radius 2 is 2.12 bits per heavy atom. The van der Waals surface area contributed by atoms with Crippen molar-refractivity contribution in [3.63, 3.8) is 0 Å². The SMILES string of the molecule is COc1ccc2c(NC(=O)Cc3noc4ccccc34)n[nH]c2c1. The van der Waals surface area contributed by atoms with E-state index in [0.717, 1.165) is 22.0 Å². The summed E-state index contributed by atoms with van der Waals surface area (Å²) in [6, 6.07) is 12.9. The number of nitrogens with one attached hydrogen (secondary N) is 2. The largest absolute Gasteiger partial charge is 0.497 e. The first-order valence-electron chi connectivity index (χ1n) is 7.40. The van der Waals surface area contributed by atoms with Gasteiger partial charge in [-0.25, -0.2) is 0 Å². The van der Waals surface area contributed by atoms with Crippen molar-refractivity contribution in [1.82, 2.24) is 15.4 Å². The average molecular weight is 322 g/mol. The highest BCUT2D eigenvalue weighted by Crippen LogP contribution is 2.25. The number of fused-ring (bicyclic) bond motifs is 2. The van der Waals surface area contributed by atoms with Crippen molar-refractivity contribution in [2.24, 2.45) is 0 Å². The standard InChI is InChI=1S/C17H14N4O3/c1-23-10-6-7-12-13(8-10)19-20-17(12)18-16(22)9-14-11-4-2-3-5-15(11)24-21-14/h2-8H,9H2,1H3,(H2,18,19,20,22). The van der Waals surface area contributed by atoms with Crippen LogP contribution >= 0.6 is 0 Å². The van der Waals surface area contributed by atoms with E-state index in [1.54, 1.807) is 7.11 Å². The third-order valence-electron chi connectivity index (χ3n) is 3.81. The van der Waals surface area contributed by atoms with Crippen LogP contribution in [0.2, 0.25) is 0 Å². The fourth-order valence-electron chi connectivity index (χ4n) is 2.61. The first-order valence-corrected chi connectivity index (χ1v) is 7.40. The van der Waals surface area contributed by atoms with Crippen molar-refractivity contribution >= 4 is 33.6 Å². The lowest BCUT2D eigenvalue weighted by Gasteiger charge is -2.02. The lowest BCUT2D eigenvalue weighted by atomic mass is 10.1. The van der Waals surface area contributed by atoms with Gasteiger partial charge in [0.25, 0.3) is 0 Å². The lowest BCUT2D eigenvalue weighted by molar-refractivity contribution is -0.115. The monoisotopic (exact) mass is 322 g/mol. The second kappa shape index (κ2) is 5.69. The molecule has 120 valence electrons. The number of amides is 1. The zero-order chi connectivity index (χ0) is 16.5. The van der Waals surface area contributed by atoms with E-state index >= 15 is 0 Å². The van der Waals surface area contributed by atoms with Crippen LogP contribution in [0.4, 0.5) is 5.82 Å². The number of anilines is 1. The number of carbonyl (C=O) groups is 1. The molecule has 24 heavy (non-hydrogen) atoms. The summed E-state index contributed by atoms with van der Waals surface area (Å²) in [4.78, 5) is 12.3. The minimum Gasteiger partial charge on any atom is -0.497 e. The molecule has 4 aromatic rings. The molecule has 2 heterocycles. The maximum absolute atomic E-state index is 12.3. The van der Waals surface area contributed by atoms with E-state index in [-0.39, 0.29) is 12.3 Å². The quantitative estimate of drug-likeness (QED) is 0.602. The summed E-state index contributed by atoms with van der Waals surface area (Å²) in [7, 11) is 1.60. The number of ether oxygens (including phenoxy) is 1. The molecule has 7 nitrogen and oxygen atoms in total. The van der Waals surface area contributed by atoms with Gasteiger partial charge in [-0.1, -0.05) is 17.3 Å². The van der Waals surface area contributed by atoms with Crippen LogP contribution in [0, 0.1) is 0 Å². The van der Waals surface area contributed by atoms with Gasteiger partial charge in [0.05, 0.1) is 19.0 Å². The van der Waals surface area contributed by atoms with Gasteiger partial charge in [-0.3, -0.25) is 9.89 Å². The van der Waals surface area contributed by atoms with E-state index in [9.17, 15) is 4.79 Å². The minimum atomic E-state index is -0.210. The number of aromatic amines is 1. The molecule has 4 rings (SSSR count). The fourth-order valence-corrected chi connectivity index (χ4v) is 2.61. The van der Waals surface area contributed by atoms with Crippen LogP contribution in [0.1, 0.15) is 5.69 Å². The minimum absolute atomic E-state index is 0.113. The molecule has 1 amide bonds. The van der Waals surface area contributed by atoms with Crippen molar-refractivity contribution in [2.45, 2.75) is 6.42 Å². The summed E-state index contributed by atoms with van der Waals surface area (Å²) in [5.41, 5.74) is 2.05. The highest BCUT2D eigenvalue weighted by atomic mass is 16.5. The van der Waals surface area contributed by atoms with Gasteiger partial charge in [0.2, 0.25) is 5.91 Å². The molecule has 0 aliphatic carbocycles. The zero-order valence-electron chi connectivity index (χ0n) is 12.9. The van der Waals surface area contributed by atoms with Crippen molar-refractivity contribution in [3.8, 4) is 5.75 Å². The second-order valence-corrected chi connectivity index (χ2v) is 5.33. The summed E-state index contributed by atoms with van der Waals surface area (Å²) in [6.45, 7) is 0. The summed E-state index contributed by atoms with van der Waals surface area (Å²) >= 11 is 0. The number of nitrogens with zero attached hydrogens (tertiary/aromatic N) is 2. The maximum atomic E-state index is 12.3. The van der Waals surface area contributed by atoms with Crippen LogP contribution in [-0.2, 0) is 11.2 Å². The average Bonchev–Trinajstić information content (AvgIpc) is 3.19. The molecule has 0 bridgehead atoms. The van der Waals surface area contributed by atoms with Gasteiger partial charge in [0.1, 0.15) is 11.4 Å². The fraction of sp³-hybridized carbons (Fsp3) is 0.118. The van der Waals surface area contributed by atoms with Gasteiger partial charge in [0.15, 0.2) is 11.4 Å². The maximum Gasteiger partial charge on any atom is 0.231 e. The van der Waals surface area contributed by atoms with E-state index in [0.29, 0.717) is 17.1 Å². The van der Waals surface area contributed by atoms with Gasteiger partial charge in [-0.2, -0.15) is 5.10 Å². The molecule has 2 N–H and O–H groups in total. The second-order valence-electron chi connectivity index (χ2n) is 5.33. The topological polar surface area (TPSA) is 93.0 Å². The molecule has 0 aliphatic rings. The van der Waals surface area contributed by atoms with Gasteiger partial charge in [0, 0.05) is 16.8 Å². The molecule has 0 radical (unpaired) electrons. The number of aromatic nitrogens is 3. The van der Waals surface area contributed by atoms with Crippen LogP contribution < -0.4 is 10.1 Å². The van der Waals surface area contributed by atoms with Crippen LogP contribution in [0.3, 0.4) is 0 Å². The predicted molar refractivity (Wildman–Crippen MR) is 89.0 cm³/mol. The van der Waals surface area contributed by atoms with E-state index in [1.165, 1.54) is 0 Å². The number of methoxy groups -OCH3 is 1. The Hall–Kier alpha value is -3.35. The number of hydrogen-bond acceptors (Lipinski definition) is 5. The Labute approximate surface area is 136 Å². The van der Waals surface area contributed by atoms with Crippen molar-refractivity contribution < 1.29 is 14.1 Å². The van der Waals surface area contributed by atoms with E-state index in [4.69, 9.17) is 9.26 Å². The highest BCUT2D eigenvalue weighted by Gasteiger charge is 2.14. The van der Waals surface area contributed by atoms with E-state index in [2.05, 4.69) is 20.7 Å². The molecule has 0 saturated carbocycles. The van der Waals surface area contributed by atoms with Crippen LogP contribution in [0.15, 0.2) is 47.0 Å². The summed E-state index contributed by atoms with van der Waals surface area (Å²) < 4.78 is 10.4. The number of benzene rings is 2. The Bertz CT molecular complexity index is 1030. The summed E-state index contributed by atoms with van der Waals surface area (Å²) in [5, 5.41) is 15.4. The molecule has 7 heteroatoms. The van der Waals surface area contributed by atoms with Gasteiger partial charge < -0.3 is 14.6 Å². The molecule has 0 fully saturated rings. The number of H-pyrrole nitrogens is 1. The number of para-hydroxylation sites is 1. The van der Waals surface area contributed by atoms with Crippen molar-refractivity contribution in [1.29, 1.82) is 0 Å². The third kappa shape index (κ3) is 2.45. The van der Waals surface area contributed by atoms with Gasteiger partial charge >= 0.3 is 0 Å². The van der Waals surface area contributed by atoms with E-state index in [1.807, 2.05) is 42.5 Å². The lowest BCUT2D eigenvalue weighted by Crippen LogP contribution is -2.15. The highest BCUT2D eigenvalue weighted by molar-refractivity contribution is 6.01. The Morgan fingerprint density at radius 1 is 1.25 bits per heavy atom. The smallest absolute Gasteiger partial charge is 0.231 e. The molecule has 2 aromatic heterocycles. The predicted octanol–water partition coefficient (Wildman–Crippen LogP) is 2.89. The molecular weight excluding hydrogens is 308 g/mol. The normalized spacial score (nSPS) is 11.0. The molecule has 0 spiro atoms. The Morgan fingerprint density at radius 3 is 3.00 bits per heavy atom. The zero-order valence-corrected chi connectivity index (χ0v) is 12.9. The number of hydrogen-bond donors (Lipinski definition) is 2. The third-order valence-corrected chi connectivity index (χ3v) is 3.81. The molecule has 2 aromatic carbocycles. The first-order chi connectivity index (χ1) is 11.7. The van der Waals surface area contributed by atoms with Crippen LogP contribution in [-0.4, -0.2) is 28.4 Å². The van der Waals surface area contributed by atoms with Crippen molar-refractivity contribution in [3.05, 3.63) is 48.2 Å². The molecule has 0 atom stereocenters. The summed E-state index contributed by atoms with van der Waals surface area (Å²) in [5.74, 6) is 0.988. The van der Waals surface area contributed by atoms with E-state index < -0.39 is 0 Å². The van der Waals surface area contributed by atoms with Crippen molar-refractivity contribution in [2.75, 3.05) is 12.4 Å². The molecule has 0 saturated heterocycles. The summed E-state index contributed by atoms with van der Waals surface area (Å²) in [6.07, 6.45) is 0.113. The first kappa shape index (κ1) is 14.3. The van der Waals surface area contributed by atoms with Gasteiger partial charge in [-0.05, 0) is 24.3 Å². The number of carbonyl (C=O) groups excluding carboxylic acids is 1. The Balaban J connectivity index is 1.56. The van der Waals surface area contributed by atoms with Crippen LogP contribution in [0.25, 0.3) is 21.9 Å². The van der Waals surface area contributed by atoms with Gasteiger partial charge in [-0.15, -0.1) is 0 Å². The van der Waals surface area contributed by atoms with Crippen LogP contribution in [0.5, 0.6) is 5.75 Å². The molecular formula is C17H14N4O3.